The lowest BCUT2D eigenvalue weighted by Crippen LogP contribution is -2.72. The number of halogens is 3. The van der Waals surface area contributed by atoms with Crippen LogP contribution in [0.5, 0.6) is 0 Å². The summed E-state index contributed by atoms with van der Waals surface area (Å²) in [6, 6.07) is 6.13. The minimum absolute atomic E-state index is 0.00832. The van der Waals surface area contributed by atoms with Crippen molar-refractivity contribution in [3.8, 4) is 0 Å². The molecule has 2 aliphatic rings. The van der Waals surface area contributed by atoms with Gasteiger partial charge in [-0.2, -0.15) is 15.4 Å². The normalized spacial score (nSPS) is 20.4. The molecule has 7 nitrogen and oxygen atoms in total. The Morgan fingerprint density at radius 3 is 2.78 bits per heavy atom. The van der Waals surface area contributed by atoms with Crippen molar-refractivity contribution in [3.05, 3.63) is 56.2 Å². The average molecular weight is 553 g/mol. The van der Waals surface area contributed by atoms with Crippen molar-refractivity contribution < 1.29 is 18.7 Å². The second-order valence-corrected chi connectivity index (χ2v) is 9.83. The molecule has 0 bridgehead atoms. The molecule has 1 aromatic heterocycles. The largest absolute Gasteiger partial charge is 0.385 e. The summed E-state index contributed by atoms with van der Waals surface area (Å²) in [6.45, 7) is 1.18. The molecule has 3 N–H and O–H groups in total. The molecule has 0 unspecified atom stereocenters. The number of amides is 1. The van der Waals surface area contributed by atoms with E-state index in [0.717, 1.165) is 29.4 Å². The number of carbonyl (C=O) groups excluding carboxylic acids is 1. The molecule has 1 amide bonds. The number of hydrogen-bond acceptors (Lipinski definition) is 5. The second kappa shape index (κ2) is 8.31. The van der Waals surface area contributed by atoms with Gasteiger partial charge in [0.25, 0.3) is 5.91 Å². The van der Waals surface area contributed by atoms with Crippen molar-refractivity contribution in [2.24, 2.45) is 0 Å². The van der Waals surface area contributed by atoms with Crippen molar-refractivity contribution in [1.29, 1.82) is 0 Å². The molecule has 0 radical (unpaired) electrons. The Morgan fingerprint density at radius 2 is 2.06 bits per heavy atom. The van der Waals surface area contributed by atoms with E-state index in [2.05, 4.69) is 20.7 Å². The van der Waals surface area contributed by atoms with Gasteiger partial charge in [-0.15, -0.1) is 0 Å². The molecule has 32 heavy (non-hydrogen) atoms. The van der Waals surface area contributed by atoms with E-state index in [1.165, 1.54) is 17.0 Å². The number of nitrogens with zero attached hydrogens (tertiary/aromatic N) is 3. The number of fused-ring (bicyclic) bond motifs is 1. The SMILES string of the molecule is O=C(c1cc2n[nH]nc2c(F)c1Cc1ccc(I)cc1F)N1CC(O)([C@@H]2CCCCN2)C1. The number of piperidine rings is 1. The van der Waals surface area contributed by atoms with Gasteiger partial charge >= 0.3 is 0 Å². The number of aliphatic hydroxyl groups is 1. The third kappa shape index (κ3) is 3.77. The van der Waals surface area contributed by atoms with Gasteiger partial charge in [0.1, 0.15) is 22.5 Å². The van der Waals surface area contributed by atoms with Crippen LogP contribution in [-0.4, -0.2) is 62.6 Å². The highest BCUT2D eigenvalue weighted by atomic mass is 127. The molecule has 5 rings (SSSR count). The number of carbonyl (C=O) groups is 1. The van der Waals surface area contributed by atoms with Crippen molar-refractivity contribution in [2.75, 3.05) is 19.6 Å². The summed E-state index contributed by atoms with van der Waals surface area (Å²) in [4.78, 5) is 14.8. The van der Waals surface area contributed by atoms with Crippen molar-refractivity contribution in [2.45, 2.75) is 37.3 Å². The van der Waals surface area contributed by atoms with Crippen molar-refractivity contribution in [3.63, 3.8) is 0 Å². The summed E-state index contributed by atoms with van der Waals surface area (Å²) in [5, 5.41) is 24.4. The molecule has 168 valence electrons. The number of aromatic amines is 1. The van der Waals surface area contributed by atoms with Gasteiger partial charge in [-0.1, -0.05) is 12.5 Å². The predicted molar refractivity (Wildman–Crippen MR) is 122 cm³/mol. The number of hydrogen-bond donors (Lipinski definition) is 3. The number of nitrogens with one attached hydrogen (secondary N) is 2. The molecule has 1 atom stereocenters. The van der Waals surface area contributed by atoms with Crippen LogP contribution in [0.15, 0.2) is 24.3 Å². The quantitative estimate of drug-likeness (QED) is 0.433. The van der Waals surface area contributed by atoms with Crippen molar-refractivity contribution in [1.82, 2.24) is 25.6 Å². The van der Waals surface area contributed by atoms with Gasteiger partial charge in [-0.05, 0) is 65.7 Å². The molecule has 2 fully saturated rings. The van der Waals surface area contributed by atoms with Crippen LogP contribution in [-0.2, 0) is 6.42 Å². The van der Waals surface area contributed by atoms with Gasteiger partial charge in [0.05, 0.1) is 13.1 Å². The van der Waals surface area contributed by atoms with E-state index in [0.29, 0.717) is 0 Å². The van der Waals surface area contributed by atoms with Crippen LogP contribution in [0, 0.1) is 15.2 Å². The standard InChI is InChI=1S/C22H22F2IN5O2/c23-16-8-13(25)5-4-12(16)7-14-15(9-17-20(19(14)24)28-29-27-17)21(31)30-10-22(32,11-30)18-3-1-2-6-26-18/h4-5,8-9,18,26,32H,1-3,6-7,10-11H2,(H,27,28,29)/t18-/m0/s1. The summed E-state index contributed by atoms with van der Waals surface area (Å²) in [5.41, 5.74) is -0.290. The summed E-state index contributed by atoms with van der Waals surface area (Å²) in [6.07, 6.45) is 2.87. The lowest BCUT2D eigenvalue weighted by atomic mass is 9.81. The smallest absolute Gasteiger partial charge is 0.254 e. The Kier molecular flexibility index (Phi) is 5.62. The Bertz CT molecular complexity index is 1190. The fourth-order valence-corrected chi connectivity index (χ4v) is 5.12. The maximum Gasteiger partial charge on any atom is 0.254 e. The number of H-pyrrole nitrogens is 1. The summed E-state index contributed by atoms with van der Waals surface area (Å²) in [5.74, 6) is -1.56. The first-order chi connectivity index (χ1) is 15.4. The average Bonchev–Trinajstić information content (AvgIpc) is 3.24. The molecular formula is C22H22F2IN5O2. The first-order valence-electron chi connectivity index (χ1n) is 10.6. The molecule has 3 heterocycles. The zero-order valence-corrected chi connectivity index (χ0v) is 19.3. The van der Waals surface area contributed by atoms with Gasteiger partial charge in [0.15, 0.2) is 5.82 Å². The van der Waals surface area contributed by atoms with E-state index in [4.69, 9.17) is 0 Å². The van der Waals surface area contributed by atoms with Gasteiger partial charge < -0.3 is 15.3 Å². The summed E-state index contributed by atoms with van der Waals surface area (Å²) in [7, 11) is 0. The minimum atomic E-state index is -0.991. The van der Waals surface area contributed by atoms with Crippen LogP contribution in [0.4, 0.5) is 8.78 Å². The molecule has 10 heteroatoms. The van der Waals surface area contributed by atoms with Gasteiger partial charge in [0, 0.05) is 27.2 Å². The third-order valence-electron chi connectivity index (χ3n) is 6.44. The lowest BCUT2D eigenvalue weighted by Gasteiger charge is -2.51. The maximum absolute atomic E-state index is 15.4. The third-order valence-corrected chi connectivity index (χ3v) is 7.11. The minimum Gasteiger partial charge on any atom is -0.385 e. The van der Waals surface area contributed by atoms with Crippen LogP contribution < -0.4 is 5.32 Å². The van der Waals surface area contributed by atoms with E-state index in [9.17, 15) is 14.3 Å². The van der Waals surface area contributed by atoms with Gasteiger partial charge in [-0.3, -0.25) is 4.79 Å². The van der Waals surface area contributed by atoms with Crippen LogP contribution in [0.2, 0.25) is 0 Å². The van der Waals surface area contributed by atoms with Crippen LogP contribution in [0.1, 0.15) is 40.7 Å². The van der Waals surface area contributed by atoms with Gasteiger partial charge in [0.2, 0.25) is 0 Å². The Morgan fingerprint density at radius 1 is 1.25 bits per heavy atom. The molecule has 0 aliphatic carbocycles. The van der Waals surface area contributed by atoms with E-state index in [1.807, 2.05) is 22.6 Å². The Hall–Kier alpha value is -2.18. The van der Waals surface area contributed by atoms with E-state index in [1.54, 1.807) is 12.1 Å². The maximum atomic E-state index is 15.4. The van der Waals surface area contributed by atoms with E-state index < -0.39 is 23.1 Å². The summed E-state index contributed by atoms with van der Waals surface area (Å²) < 4.78 is 30.6. The molecule has 2 saturated heterocycles. The number of likely N-dealkylation sites (tertiary alicyclic amines) is 1. The molecule has 2 aliphatic heterocycles. The van der Waals surface area contributed by atoms with Gasteiger partial charge in [-0.25, -0.2) is 8.78 Å². The molecular weight excluding hydrogens is 531 g/mol. The Labute approximate surface area is 196 Å². The highest BCUT2D eigenvalue weighted by Crippen LogP contribution is 2.33. The first kappa shape index (κ1) is 21.7. The fraction of sp³-hybridized carbons (Fsp3) is 0.409. The molecule has 0 saturated carbocycles. The zero-order valence-electron chi connectivity index (χ0n) is 17.2. The zero-order chi connectivity index (χ0) is 22.5. The van der Waals surface area contributed by atoms with E-state index >= 15 is 4.39 Å². The summed E-state index contributed by atoms with van der Waals surface area (Å²) >= 11 is 2.00. The second-order valence-electron chi connectivity index (χ2n) is 8.59. The van der Waals surface area contributed by atoms with E-state index in [-0.39, 0.29) is 53.3 Å². The molecule has 2 aromatic carbocycles. The fourth-order valence-electron chi connectivity index (χ4n) is 4.66. The number of aromatic nitrogens is 3. The molecule has 3 aromatic rings. The highest BCUT2D eigenvalue weighted by Gasteiger charge is 2.49. The van der Waals surface area contributed by atoms with Crippen LogP contribution in [0.25, 0.3) is 11.0 Å². The topological polar surface area (TPSA) is 94.1 Å². The van der Waals surface area contributed by atoms with Crippen LogP contribution >= 0.6 is 22.6 Å². The van der Waals surface area contributed by atoms with Crippen LogP contribution in [0.3, 0.4) is 0 Å². The first-order valence-corrected chi connectivity index (χ1v) is 11.6. The molecule has 0 spiro atoms. The monoisotopic (exact) mass is 553 g/mol. The Balaban J connectivity index is 1.46. The number of β-amino-alcohol motifs (C(OH)–C–C–N with tert-alkyl or cyclic N) is 1. The predicted octanol–water partition coefficient (Wildman–Crippen LogP) is 2.76. The number of rotatable bonds is 4. The number of benzene rings is 2. The van der Waals surface area contributed by atoms with Crippen molar-refractivity contribution >= 4 is 39.5 Å². The highest BCUT2D eigenvalue weighted by molar-refractivity contribution is 14.1. The lowest BCUT2D eigenvalue weighted by molar-refractivity contribution is -0.108.